The smallest absolute Gasteiger partial charge is 0.223 e. The maximum atomic E-state index is 11.9. The van der Waals surface area contributed by atoms with E-state index in [1.54, 1.807) is 0 Å². The van der Waals surface area contributed by atoms with Crippen LogP contribution in [0.5, 0.6) is 0 Å². The number of carbonyl (C=O) groups excluding carboxylic acids is 1. The molecule has 0 saturated carbocycles. The van der Waals surface area contributed by atoms with Crippen LogP contribution >= 0.6 is 0 Å². The molecule has 1 aromatic carbocycles. The summed E-state index contributed by atoms with van der Waals surface area (Å²) in [7, 11) is 0. The molecule has 2 heterocycles. The molecule has 0 radical (unpaired) electrons. The Labute approximate surface area is 103 Å². The van der Waals surface area contributed by atoms with Gasteiger partial charge in [-0.3, -0.25) is 4.79 Å². The van der Waals surface area contributed by atoms with Gasteiger partial charge in [-0.1, -0.05) is 31.2 Å². The number of rotatable bonds is 0. The summed E-state index contributed by atoms with van der Waals surface area (Å²) in [6.07, 6.45) is 4.06. The molecule has 0 unspecified atom stereocenters. The van der Waals surface area contributed by atoms with Gasteiger partial charge in [-0.05, 0) is 36.3 Å². The summed E-state index contributed by atoms with van der Waals surface area (Å²) in [6, 6.07) is 9.03. The van der Waals surface area contributed by atoms with E-state index < -0.39 is 0 Å². The summed E-state index contributed by atoms with van der Waals surface area (Å²) in [4.78, 5) is 14.0. The Morgan fingerprint density at radius 2 is 1.94 bits per heavy atom. The van der Waals surface area contributed by atoms with Gasteiger partial charge >= 0.3 is 0 Å². The maximum absolute atomic E-state index is 11.9. The largest absolute Gasteiger partial charge is 0.336 e. The Balaban J connectivity index is 2.06. The molecule has 2 aliphatic heterocycles. The molecule has 2 aliphatic rings. The van der Waals surface area contributed by atoms with E-state index >= 15 is 0 Å². The Kier molecular flexibility index (Phi) is 2.65. The van der Waals surface area contributed by atoms with Crippen molar-refractivity contribution in [3.05, 3.63) is 35.4 Å². The minimum atomic E-state index is 0.347. The van der Waals surface area contributed by atoms with Crippen LogP contribution in [-0.2, 0) is 4.79 Å². The van der Waals surface area contributed by atoms with Crippen molar-refractivity contribution in [3.8, 4) is 0 Å². The summed E-state index contributed by atoms with van der Waals surface area (Å²) in [5, 5.41) is 0. The summed E-state index contributed by atoms with van der Waals surface area (Å²) in [6.45, 7) is 3.26. The number of hydrogen-bond donors (Lipinski definition) is 0. The van der Waals surface area contributed by atoms with Crippen LogP contribution in [0.15, 0.2) is 24.3 Å². The van der Waals surface area contributed by atoms with Crippen LogP contribution in [0.4, 0.5) is 0 Å². The molecule has 0 N–H and O–H groups in total. The first-order valence-corrected chi connectivity index (χ1v) is 6.65. The minimum absolute atomic E-state index is 0.347. The van der Waals surface area contributed by atoms with Gasteiger partial charge in [0.1, 0.15) is 0 Å². The van der Waals surface area contributed by atoms with Crippen molar-refractivity contribution in [2.45, 2.75) is 44.6 Å². The summed E-state index contributed by atoms with van der Waals surface area (Å²) in [5.41, 5.74) is 2.85. The van der Waals surface area contributed by atoms with Crippen LogP contribution in [0.2, 0.25) is 0 Å². The van der Waals surface area contributed by atoms with E-state index in [1.165, 1.54) is 17.5 Å². The molecule has 2 nitrogen and oxygen atoms in total. The molecule has 17 heavy (non-hydrogen) atoms. The molecule has 2 heteroatoms. The van der Waals surface area contributed by atoms with E-state index in [9.17, 15) is 4.79 Å². The third kappa shape index (κ3) is 1.76. The predicted octanol–water partition coefficient (Wildman–Crippen LogP) is 3.25. The third-order valence-electron chi connectivity index (χ3n) is 4.25. The molecule has 0 aromatic heterocycles. The van der Waals surface area contributed by atoms with Crippen molar-refractivity contribution in [1.29, 1.82) is 0 Å². The molecule has 3 rings (SSSR count). The summed E-state index contributed by atoms with van der Waals surface area (Å²) in [5.74, 6) is 0.975. The van der Waals surface area contributed by atoms with Crippen LogP contribution in [-0.4, -0.2) is 17.4 Å². The molecule has 1 amide bonds. The highest BCUT2D eigenvalue weighted by molar-refractivity contribution is 5.79. The lowest BCUT2D eigenvalue weighted by molar-refractivity contribution is -0.129. The van der Waals surface area contributed by atoms with Gasteiger partial charge in [0, 0.05) is 13.0 Å². The zero-order valence-electron chi connectivity index (χ0n) is 10.4. The second-order valence-corrected chi connectivity index (χ2v) is 5.31. The standard InChI is InChI=1S/C15H19NO/c1-11-5-4-10-16-14(8-9-15(16)17)13-7-3-2-6-12(11)13/h2-3,6-7,11,14H,4-5,8-10H2,1H3/t11-,14+/m1/s1. The Hall–Kier alpha value is -1.31. The maximum Gasteiger partial charge on any atom is 0.223 e. The van der Waals surface area contributed by atoms with Crippen molar-refractivity contribution in [1.82, 2.24) is 4.90 Å². The number of hydrogen-bond acceptors (Lipinski definition) is 1. The summed E-state index contributed by atoms with van der Waals surface area (Å²) >= 11 is 0. The van der Waals surface area contributed by atoms with Gasteiger partial charge in [0.15, 0.2) is 0 Å². The van der Waals surface area contributed by atoms with E-state index in [0.29, 0.717) is 17.9 Å². The lowest BCUT2D eigenvalue weighted by Crippen LogP contribution is -2.31. The lowest BCUT2D eigenvalue weighted by Gasteiger charge is -2.31. The molecule has 2 atom stereocenters. The van der Waals surface area contributed by atoms with Gasteiger partial charge in [0.05, 0.1) is 6.04 Å². The second kappa shape index (κ2) is 4.17. The zero-order chi connectivity index (χ0) is 11.8. The molecule has 1 fully saturated rings. The van der Waals surface area contributed by atoms with E-state index in [1.807, 2.05) is 0 Å². The van der Waals surface area contributed by atoms with Crippen molar-refractivity contribution in [3.63, 3.8) is 0 Å². The molecule has 0 aliphatic carbocycles. The lowest BCUT2D eigenvalue weighted by atomic mass is 9.86. The van der Waals surface area contributed by atoms with E-state index in [-0.39, 0.29) is 0 Å². The molecule has 1 saturated heterocycles. The van der Waals surface area contributed by atoms with Crippen LogP contribution in [0.1, 0.15) is 55.7 Å². The Bertz CT molecular complexity index is 440. The number of fused-ring (bicyclic) bond motifs is 3. The fourth-order valence-electron chi connectivity index (χ4n) is 3.32. The third-order valence-corrected chi connectivity index (χ3v) is 4.25. The van der Waals surface area contributed by atoms with Crippen molar-refractivity contribution >= 4 is 5.91 Å². The average molecular weight is 229 g/mol. The minimum Gasteiger partial charge on any atom is -0.336 e. The second-order valence-electron chi connectivity index (χ2n) is 5.31. The fraction of sp³-hybridized carbons (Fsp3) is 0.533. The van der Waals surface area contributed by atoms with Crippen LogP contribution in [0.25, 0.3) is 0 Å². The highest BCUT2D eigenvalue weighted by Gasteiger charge is 2.34. The Morgan fingerprint density at radius 3 is 2.76 bits per heavy atom. The number of nitrogens with zero attached hydrogens (tertiary/aromatic N) is 1. The number of amides is 1. The predicted molar refractivity (Wildman–Crippen MR) is 67.8 cm³/mol. The fourth-order valence-corrected chi connectivity index (χ4v) is 3.32. The molecular formula is C15H19NO. The van der Waals surface area contributed by atoms with Crippen molar-refractivity contribution < 1.29 is 4.79 Å². The molecule has 1 aromatic rings. The zero-order valence-corrected chi connectivity index (χ0v) is 10.4. The molecule has 0 bridgehead atoms. The van der Waals surface area contributed by atoms with Gasteiger partial charge in [0.25, 0.3) is 0 Å². The van der Waals surface area contributed by atoms with Gasteiger partial charge in [-0.2, -0.15) is 0 Å². The number of benzene rings is 1. The monoisotopic (exact) mass is 229 g/mol. The molecule has 0 spiro atoms. The molecular weight excluding hydrogens is 210 g/mol. The van der Waals surface area contributed by atoms with Gasteiger partial charge < -0.3 is 4.90 Å². The highest BCUT2D eigenvalue weighted by Crippen LogP contribution is 2.39. The Morgan fingerprint density at radius 1 is 1.18 bits per heavy atom. The first-order chi connectivity index (χ1) is 8.27. The molecule has 90 valence electrons. The van der Waals surface area contributed by atoms with Crippen LogP contribution in [0.3, 0.4) is 0 Å². The SMILES string of the molecule is C[C@@H]1CCCN2C(=O)CC[C@H]2c2ccccc21. The summed E-state index contributed by atoms with van der Waals surface area (Å²) < 4.78 is 0. The quantitative estimate of drug-likeness (QED) is 0.668. The van der Waals surface area contributed by atoms with Crippen LogP contribution in [0, 0.1) is 0 Å². The average Bonchev–Trinajstić information content (AvgIpc) is 2.69. The van der Waals surface area contributed by atoms with Gasteiger partial charge in [0.2, 0.25) is 5.91 Å². The van der Waals surface area contributed by atoms with Gasteiger partial charge in [-0.15, -0.1) is 0 Å². The normalized spacial score (nSPS) is 28.3. The van der Waals surface area contributed by atoms with Gasteiger partial charge in [-0.25, -0.2) is 0 Å². The topological polar surface area (TPSA) is 20.3 Å². The first kappa shape index (κ1) is 10.8. The first-order valence-electron chi connectivity index (χ1n) is 6.65. The van der Waals surface area contributed by atoms with E-state index in [2.05, 4.69) is 36.1 Å². The van der Waals surface area contributed by atoms with Crippen molar-refractivity contribution in [2.24, 2.45) is 0 Å². The van der Waals surface area contributed by atoms with Crippen molar-refractivity contribution in [2.75, 3.05) is 6.54 Å². The van der Waals surface area contributed by atoms with E-state index in [0.717, 1.165) is 25.8 Å². The number of carbonyl (C=O) groups is 1. The van der Waals surface area contributed by atoms with E-state index in [4.69, 9.17) is 0 Å². The van der Waals surface area contributed by atoms with Crippen LogP contribution < -0.4 is 0 Å². The highest BCUT2D eigenvalue weighted by atomic mass is 16.2.